The van der Waals surface area contributed by atoms with Crippen LogP contribution in [0.25, 0.3) is 10.9 Å². The van der Waals surface area contributed by atoms with E-state index in [0.29, 0.717) is 5.92 Å². The normalized spacial score (nSPS) is 15.3. The van der Waals surface area contributed by atoms with E-state index in [2.05, 4.69) is 51.6 Å². The summed E-state index contributed by atoms with van der Waals surface area (Å²) in [6.07, 6.45) is 9.51. The molecule has 2 aromatic heterocycles. The summed E-state index contributed by atoms with van der Waals surface area (Å²) >= 11 is 0. The lowest BCUT2D eigenvalue weighted by molar-refractivity contribution is 0.215. The van der Waals surface area contributed by atoms with Gasteiger partial charge in [0.05, 0.1) is 12.7 Å². The zero-order valence-electron chi connectivity index (χ0n) is 17.5. The fourth-order valence-corrected chi connectivity index (χ4v) is 4.60. The van der Waals surface area contributed by atoms with Crippen LogP contribution in [-0.2, 0) is 13.0 Å². The topological polar surface area (TPSA) is 36.9 Å². The Hall–Kier alpha value is -2.63. The van der Waals surface area contributed by atoms with Gasteiger partial charge in [-0.3, -0.25) is 4.68 Å². The van der Waals surface area contributed by atoms with Crippen molar-refractivity contribution in [3.8, 4) is 0 Å². The number of piperidine rings is 1. The highest BCUT2D eigenvalue weighted by Crippen LogP contribution is 2.33. The zero-order chi connectivity index (χ0) is 20.3. The number of rotatable bonds is 6. The van der Waals surface area contributed by atoms with Crippen LogP contribution in [0.5, 0.6) is 0 Å². The number of hydrogen-bond acceptors (Lipinski definition) is 2. The van der Waals surface area contributed by atoms with Crippen LogP contribution in [0.15, 0.2) is 67.1 Å². The summed E-state index contributed by atoms with van der Waals surface area (Å²) in [5.41, 5.74) is 4.86. The van der Waals surface area contributed by atoms with Gasteiger partial charge in [-0.1, -0.05) is 30.3 Å². The van der Waals surface area contributed by atoms with Crippen molar-refractivity contribution in [2.24, 2.45) is 0 Å². The lowest BCUT2D eigenvalue weighted by Gasteiger charge is -2.31. The molecule has 3 heterocycles. The van der Waals surface area contributed by atoms with Crippen molar-refractivity contribution in [1.82, 2.24) is 19.7 Å². The summed E-state index contributed by atoms with van der Waals surface area (Å²) < 4.78 is 15.7. The van der Waals surface area contributed by atoms with Gasteiger partial charge in [-0.2, -0.15) is 5.10 Å². The average molecular weight is 439 g/mol. The SMILES string of the molecule is Cl.Fc1ccc2[nH]cc(C3CCN(CCc4cnn(Cc5ccccc5)c4)CC3)c2c1. The summed E-state index contributed by atoms with van der Waals surface area (Å²) in [6, 6.07) is 15.5. The molecule has 0 atom stereocenters. The van der Waals surface area contributed by atoms with E-state index >= 15 is 0 Å². The van der Waals surface area contributed by atoms with Crippen molar-refractivity contribution >= 4 is 23.3 Å². The molecule has 31 heavy (non-hydrogen) atoms. The smallest absolute Gasteiger partial charge is 0.123 e. The molecule has 2 aromatic carbocycles. The second-order valence-electron chi connectivity index (χ2n) is 8.33. The van der Waals surface area contributed by atoms with Crippen molar-refractivity contribution in [2.75, 3.05) is 19.6 Å². The molecule has 1 saturated heterocycles. The minimum absolute atomic E-state index is 0. The molecule has 1 aliphatic heterocycles. The van der Waals surface area contributed by atoms with Gasteiger partial charge in [-0.05, 0) is 73.2 Å². The van der Waals surface area contributed by atoms with Gasteiger partial charge >= 0.3 is 0 Å². The van der Waals surface area contributed by atoms with Gasteiger partial charge in [0.15, 0.2) is 0 Å². The summed E-state index contributed by atoms with van der Waals surface area (Å²) in [4.78, 5) is 5.84. The van der Waals surface area contributed by atoms with Gasteiger partial charge in [0.25, 0.3) is 0 Å². The Morgan fingerprint density at radius 2 is 1.84 bits per heavy atom. The highest BCUT2D eigenvalue weighted by molar-refractivity contribution is 5.85. The van der Waals surface area contributed by atoms with Crippen molar-refractivity contribution < 1.29 is 4.39 Å². The van der Waals surface area contributed by atoms with Crippen molar-refractivity contribution in [3.05, 3.63) is 89.6 Å². The monoisotopic (exact) mass is 438 g/mol. The largest absolute Gasteiger partial charge is 0.361 e. The van der Waals surface area contributed by atoms with Gasteiger partial charge in [-0.25, -0.2) is 4.39 Å². The van der Waals surface area contributed by atoms with Crippen LogP contribution in [0.1, 0.15) is 35.4 Å². The number of likely N-dealkylation sites (tertiary alicyclic amines) is 1. The first-order chi connectivity index (χ1) is 14.7. The predicted molar refractivity (Wildman–Crippen MR) is 125 cm³/mol. The van der Waals surface area contributed by atoms with Crippen LogP contribution in [-0.4, -0.2) is 39.3 Å². The molecule has 162 valence electrons. The predicted octanol–water partition coefficient (Wildman–Crippen LogP) is 5.40. The molecule has 0 unspecified atom stereocenters. The zero-order valence-corrected chi connectivity index (χ0v) is 18.3. The minimum atomic E-state index is -0.159. The number of H-pyrrole nitrogens is 1. The fourth-order valence-electron chi connectivity index (χ4n) is 4.60. The first-order valence-electron chi connectivity index (χ1n) is 10.8. The van der Waals surface area contributed by atoms with Crippen LogP contribution in [0.3, 0.4) is 0 Å². The minimum Gasteiger partial charge on any atom is -0.361 e. The van der Waals surface area contributed by atoms with Gasteiger partial charge in [0, 0.05) is 29.8 Å². The van der Waals surface area contributed by atoms with Crippen molar-refractivity contribution in [2.45, 2.75) is 31.7 Å². The number of benzene rings is 2. The molecule has 0 saturated carbocycles. The molecular weight excluding hydrogens is 411 g/mol. The fraction of sp³-hybridized carbons (Fsp3) is 0.320. The molecule has 5 rings (SSSR count). The maximum Gasteiger partial charge on any atom is 0.123 e. The van der Waals surface area contributed by atoms with Gasteiger partial charge in [0.1, 0.15) is 5.82 Å². The van der Waals surface area contributed by atoms with Gasteiger partial charge in [-0.15, -0.1) is 12.4 Å². The van der Waals surface area contributed by atoms with E-state index in [1.165, 1.54) is 22.8 Å². The number of nitrogens with zero attached hydrogens (tertiary/aromatic N) is 3. The Labute approximate surface area is 188 Å². The van der Waals surface area contributed by atoms with E-state index in [-0.39, 0.29) is 18.2 Å². The number of hydrogen-bond donors (Lipinski definition) is 1. The Kier molecular flexibility index (Phi) is 6.73. The van der Waals surface area contributed by atoms with Crippen molar-refractivity contribution in [1.29, 1.82) is 0 Å². The van der Waals surface area contributed by atoms with Crippen LogP contribution in [0.2, 0.25) is 0 Å². The lowest BCUT2D eigenvalue weighted by Crippen LogP contribution is -2.34. The molecule has 4 nitrogen and oxygen atoms in total. The lowest BCUT2D eigenvalue weighted by atomic mass is 9.89. The Bertz CT molecular complexity index is 1110. The van der Waals surface area contributed by atoms with E-state index in [1.807, 2.05) is 23.0 Å². The molecule has 6 heteroatoms. The molecule has 1 N–H and O–H groups in total. The number of aromatic amines is 1. The molecule has 4 aromatic rings. The molecule has 0 radical (unpaired) electrons. The average Bonchev–Trinajstić information content (AvgIpc) is 3.40. The van der Waals surface area contributed by atoms with Crippen LogP contribution >= 0.6 is 12.4 Å². The van der Waals surface area contributed by atoms with Crippen LogP contribution in [0, 0.1) is 5.82 Å². The quantitative estimate of drug-likeness (QED) is 0.438. The Morgan fingerprint density at radius 3 is 2.65 bits per heavy atom. The maximum absolute atomic E-state index is 13.7. The third kappa shape index (κ3) is 5.00. The summed E-state index contributed by atoms with van der Waals surface area (Å²) in [6.45, 7) is 4.05. The number of fused-ring (bicyclic) bond motifs is 1. The van der Waals surface area contributed by atoms with E-state index in [0.717, 1.165) is 56.3 Å². The second kappa shape index (κ2) is 9.67. The van der Waals surface area contributed by atoms with Gasteiger partial charge < -0.3 is 9.88 Å². The number of aromatic nitrogens is 3. The molecule has 0 amide bonds. The Morgan fingerprint density at radius 1 is 1.03 bits per heavy atom. The summed E-state index contributed by atoms with van der Waals surface area (Å²) in [7, 11) is 0. The highest BCUT2D eigenvalue weighted by atomic mass is 35.5. The van der Waals surface area contributed by atoms with Crippen LogP contribution < -0.4 is 0 Å². The van der Waals surface area contributed by atoms with E-state index < -0.39 is 0 Å². The highest BCUT2D eigenvalue weighted by Gasteiger charge is 2.23. The number of nitrogens with one attached hydrogen (secondary N) is 1. The maximum atomic E-state index is 13.7. The molecule has 0 aliphatic carbocycles. The molecular formula is C25H28ClFN4. The first-order valence-corrected chi connectivity index (χ1v) is 10.8. The summed E-state index contributed by atoms with van der Waals surface area (Å²) in [5.74, 6) is 0.346. The Balaban J connectivity index is 0.00000231. The third-order valence-electron chi connectivity index (χ3n) is 6.29. The first kappa shape index (κ1) is 21.6. The van der Waals surface area contributed by atoms with E-state index in [4.69, 9.17) is 0 Å². The molecule has 1 aliphatic rings. The number of halogens is 2. The molecule has 1 fully saturated rings. The van der Waals surface area contributed by atoms with Crippen LogP contribution in [0.4, 0.5) is 4.39 Å². The standard InChI is InChI=1S/C25H27FN4.ClH/c26-22-6-7-25-23(14-22)24(16-27-25)21-9-12-29(13-10-21)11-8-20-15-28-30(18-20)17-19-4-2-1-3-5-19;/h1-7,14-16,18,21,27H,8-13,17H2;1H. The van der Waals surface area contributed by atoms with Crippen molar-refractivity contribution in [3.63, 3.8) is 0 Å². The molecule has 0 spiro atoms. The second-order valence-corrected chi connectivity index (χ2v) is 8.33. The van der Waals surface area contributed by atoms with E-state index in [9.17, 15) is 4.39 Å². The summed E-state index contributed by atoms with van der Waals surface area (Å²) in [5, 5.41) is 5.56. The molecule has 0 bridgehead atoms. The third-order valence-corrected chi connectivity index (χ3v) is 6.29. The van der Waals surface area contributed by atoms with Gasteiger partial charge in [0.2, 0.25) is 0 Å². The van der Waals surface area contributed by atoms with E-state index in [1.54, 1.807) is 6.07 Å².